The summed E-state index contributed by atoms with van der Waals surface area (Å²) in [5.41, 5.74) is 7.32. The normalized spacial score (nSPS) is 19.9. The molecule has 1 heterocycles. The highest BCUT2D eigenvalue weighted by atomic mass is 32.2. The molecule has 19 heavy (non-hydrogen) atoms. The first-order valence-electron chi connectivity index (χ1n) is 5.97. The van der Waals surface area contributed by atoms with Gasteiger partial charge in [-0.05, 0) is 11.6 Å². The lowest BCUT2D eigenvalue weighted by Crippen LogP contribution is -2.27. The number of likely N-dealkylation sites (tertiary alicyclic amines) is 1. The van der Waals surface area contributed by atoms with Crippen molar-refractivity contribution in [2.75, 3.05) is 18.0 Å². The third kappa shape index (κ3) is 3.68. The molecule has 6 nitrogen and oxygen atoms in total. The molecule has 1 fully saturated rings. The molecule has 1 aromatic rings. The fourth-order valence-electron chi connectivity index (χ4n) is 2.33. The standard InChI is InChI=1S/C12H17N3O3S/c13-11-4-2-1-3-10(11)7-15-6-9(5-12(15)16)8-19(14,17)18/h1-4,9H,5-8,13H2,(H2,14,17,18). The Morgan fingerprint density at radius 1 is 1.32 bits per heavy atom. The van der Waals surface area contributed by atoms with Crippen molar-refractivity contribution in [2.45, 2.75) is 13.0 Å². The van der Waals surface area contributed by atoms with Crippen molar-refractivity contribution < 1.29 is 13.2 Å². The van der Waals surface area contributed by atoms with Gasteiger partial charge >= 0.3 is 0 Å². The van der Waals surface area contributed by atoms with Gasteiger partial charge in [0.2, 0.25) is 15.9 Å². The van der Waals surface area contributed by atoms with E-state index in [0.717, 1.165) is 5.56 Å². The zero-order chi connectivity index (χ0) is 14.0. The van der Waals surface area contributed by atoms with Gasteiger partial charge in [0.15, 0.2) is 0 Å². The topological polar surface area (TPSA) is 106 Å². The van der Waals surface area contributed by atoms with Crippen LogP contribution in [0.5, 0.6) is 0 Å². The van der Waals surface area contributed by atoms with Gasteiger partial charge in [-0.3, -0.25) is 4.79 Å². The van der Waals surface area contributed by atoms with Gasteiger partial charge in [0.1, 0.15) is 0 Å². The first-order chi connectivity index (χ1) is 8.85. The van der Waals surface area contributed by atoms with Crippen molar-refractivity contribution in [3.63, 3.8) is 0 Å². The van der Waals surface area contributed by atoms with Crippen molar-refractivity contribution >= 4 is 21.6 Å². The van der Waals surface area contributed by atoms with Crippen LogP contribution in [0.25, 0.3) is 0 Å². The molecular formula is C12H17N3O3S. The molecule has 0 spiro atoms. The summed E-state index contributed by atoms with van der Waals surface area (Å²) in [7, 11) is -3.54. The minimum Gasteiger partial charge on any atom is -0.398 e. The third-order valence-corrected chi connectivity index (χ3v) is 4.11. The predicted octanol–water partition coefficient (Wildman–Crippen LogP) is -0.0942. The van der Waals surface area contributed by atoms with E-state index in [4.69, 9.17) is 10.9 Å². The number of nitrogens with zero attached hydrogens (tertiary/aromatic N) is 1. The highest BCUT2D eigenvalue weighted by Crippen LogP contribution is 2.22. The number of para-hydroxylation sites is 1. The molecule has 1 saturated heterocycles. The summed E-state index contributed by atoms with van der Waals surface area (Å²) in [6.07, 6.45) is 0.225. The average Bonchev–Trinajstić information content (AvgIpc) is 2.60. The first-order valence-corrected chi connectivity index (χ1v) is 7.68. The van der Waals surface area contributed by atoms with Crippen LogP contribution in [0.4, 0.5) is 5.69 Å². The number of hydrogen-bond acceptors (Lipinski definition) is 4. The molecule has 1 aliphatic rings. The van der Waals surface area contributed by atoms with Crippen LogP contribution in [0.15, 0.2) is 24.3 Å². The van der Waals surface area contributed by atoms with E-state index in [1.807, 2.05) is 18.2 Å². The van der Waals surface area contributed by atoms with Crippen molar-refractivity contribution in [1.29, 1.82) is 0 Å². The van der Waals surface area contributed by atoms with Crippen LogP contribution in [-0.2, 0) is 21.4 Å². The number of hydrogen-bond donors (Lipinski definition) is 2. The van der Waals surface area contributed by atoms with Gasteiger partial charge in [0.05, 0.1) is 5.75 Å². The van der Waals surface area contributed by atoms with E-state index in [0.29, 0.717) is 18.8 Å². The van der Waals surface area contributed by atoms with E-state index >= 15 is 0 Å². The van der Waals surface area contributed by atoms with Crippen LogP contribution in [0.1, 0.15) is 12.0 Å². The SMILES string of the molecule is Nc1ccccc1CN1CC(CS(N)(=O)=O)CC1=O. The van der Waals surface area contributed by atoms with Gasteiger partial charge < -0.3 is 10.6 Å². The number of sulfonamides is 1. The van der Waals surface area contributed by atoms with Gasteiger partial charge in [-0.15, -0.1) is 0 Å². The smallest absolute Gasteiger partial charge is 0.223 e. The summed E-state index contributed by atoms with van der Waals surface area (Å²) in [4.78, 5) is 13.5. The van der Waals surface area contributed by atoms with E-state index in [1.54, 1.807) is 11.0 Å². The second-order valence-electron chi connectivity index (χ2n) is 4.87. The number of rotatable bonds is 4. The van der Waals surface area contributed by atoms with Crippen LogP contribution in [0, 0.1) is 5.92 Å². The largest absolute Gasteiger partial charge is 0.398 e. The number of nitrogens with two attached hydrogens (primary N) is 2. The summed E-state index contributed by atoms with van der Waals surface area (Å²) in [6, 6.07) is 7.32. The fraction of sp³-hybridized carbons (Fsp3) is 0.417. The van der Waals surface area contributed by atoms with Gasteiger partial charge in [-0.25, -0.2) is 13.6 Å². The Morgan fingerprint density at radius 2 is 2.00 bits per heavy atom. The Bertz CT molecular complexity index is 586. The third-order valence-electron chi connectivity index (χ3n) is 3.18. The zero-order valence-electron chi connectivity index (χ0n) is 10.5. The Morgan fingerprint density at radius 3 is 2.63 bits per heavy atom. The number of nitrogen functional groups attached to an aromatic ring is 1. The summed E-state index contributed by atoms with van der Waals surface area (Å²) >= 11 is 0. The van der Waals surface area contributed by atoms with E-state index < -0.39 is 10.0 Å². The fourth-order valence-corrected chi connectivity index (χ4v) is 3.21. The minimum atomic E-state index is -3.54. The quantitative estimate of drug-likeness (QED) is 0.753. The maximum absolute atomic E-state index is 11.8. The predicted molar refractivity (Wildman–Crippen MR) is 72.4 cm³/mol. The second kappa shape index (κ2) is 5.18. The van der Waals surface area contributed by atoms with E-state index in [-0.39, 0.29) is 24.0 Å². The number of carbonyl (C=O) groups is 1. The second-order valence-corrected chi connectivity index (χ2v) is 6.53. The lowest BCUT2D eigenvalue weighted by atomic mass is 10.1. The summed E-state index contributed by atoms with van der Waals surface area (Å²) in [6.45, 7) is 0.816. The number of anilines is 1. The Kier molecular flexibility index (Phi) is 3.77. The van der Waals surface area contributed by atoms with Gasteiger partial charge in [-0.1, -0.05) is 18.2 Å². The molecular weight excluding hydrogens is 266 g/mol. The number of carbonyl (C=O) groups excluding carboxylic acids is 1. The van der Waals surface area contributed by atoms with Crippen LogP contribution >= 0.6 is 0 Å². The lowest BCUT2D eigenvalue weighted by Gasteiger charge is -2.17. The van der Waals surface area contributed by atoms with Crippen molar-refractivity contribution in [2.24, 2.45) is 11.1 Å². The molecule has 1 atom stereocenters. The first kappa shape index (κ1) is 13.8. The molecule has 1 amide bonds. The van der Waals surface area contributed by atoms with Gasteiger partial charge in [0.25, 0.3) is 0 Å². The Balaban J connectivity index is 2.03. The van der Waals surface area contributed by atoms with Crippen LogP contribution in [0.3, 0.4) is 0 Å². The van der Waals surface area contributed by atoms with E-state index in [1.165, 1.54) is 0 Å². The molecule has 1 aliphatic heterocycles. The molecule has 7 heteroatoms. The average molecular weight is 283 g/mol. The molecule has 0 aromatic heterocycles. The molecule has 4 N–H and O–H groups in total. The van der Waals surface area contributed by atoms with Crippen molar-refractivity contribution in [3.8, 4) is 0 Å². The number of benzene rings is 1. The van der Waals surface area contributed by atoms with E-state index in [9.17, 15) is 13.2 Å². The molecule has 2 rings (SSSR count). The lowest BCUT2D eigenvalue weighted by molar-refractivity contribution is -0.128. The van der Waals surface area contributed by atoms with Crippen LogP contribution in [-0.4, -0.2) is 31.5 Å². The molecule has 104 valence electrons. The molecule has 1 aromatic carbocycles. The summed E-state index contributed by atoms with van der Waals surface area (Å²) in [5.74, 6) is -0.441. The Labute approximate surface area is 112 Å². The molecule has 0 bridgehead atoms. The maximum Gasteiger partial charge on any atom is 0.223 e. The number of primary sulfonamides is 1. The van der Waals surface area contributed by atoms with Crippen LogP contribution in [0.2, 0.25) is 0 Å². The highest BCUT2D eigenvalue weighted by molar-refractivity contribution is 7.89. The molecule has 0 saturated carbocycles. The van der Waals surface area contributed by atoms with Crippen molar-refractivity contribution in [1.82, 2.24) is 4.90 Å². The zero-order valence-corrected chi connectivity index (χ0v) is 11.3. The van der Waals surface area contributed by atoms with Gasteiger partial charge in [-0.2, -0.15) is 0 Å². The minimum absolute atomic E-state index is 0.0584. The molecule has 0 aliphatic carbocycles. The maximum atomic E-state index is 11.8. The monoisotopic (exact) mass is 283 g/mol. The van der Waals surface area contributed by atoms with Crippen LogP contribution < -0.4 is 10.9 Å². The van der Waals surface area contributed by atoms with Crippen molar-refractivity contribution in [3.05, 3.63) is 29.8 Å². The Hall–Kier alpha value is -1.60. The highest BCUT2D eigenvalue weighted by Gasteiger charge is 2.31. The summed E-state index contributed by atoms with van der Waals surface area (Å²) in [5, 5.41) is 5.01. The van der Waals surface area contributed by atoms with E-state index in [2.05, 4.69) is 0 Å². The number of amides is 1. The van der Waals surface area contributed by atoms with Gasteiger partial charge in [0, 0.05) is 31.1 Å². The molecule has 1 unspecified atom stereocenters. The summed E-state index contributed by atoms with van der Waals surface area (Å²) < 4.78 is 22.1. The molecule has 0 radical (unpaired) electrons.